The Morgan fingerprint density at radius 1 is 0.964 bits per heavy atom. The van der Waals surface area contributed by atoms with Crippen LogP contribution in [0.3, 0.4) is 0 Å². The second-order valence-electron chi connectivity index (χ2n) is 5.54. The Bertz CT molecular complexity index is 620. The van der Waals surface area contributed by atoms with Crippen molar-refractivity contribution >= 4 is 35.5 Å². The smallest absolute Gasteiger partial charge is 0.251 e. The SMILES string of the molecule is NCCCNC(=O)c1cc(NC(=O)CSOO[O-])cc(C(=O)NCCCN)c1. The molecular formula is C16H24N5O6S-. The van der Waals surface area contributed by atoms with Gasteiger partial charge in [0.25, 0.3) is 11.8 Å². The molecule has 156 valence electrons. The molecule has 0 heterocycles. The summed E-state index contributed by atoms with van der Waals surface area (Å²) in [4.78, 5) is 36.5. The number of hydrogen-bond acceptors (Lipinski definition) is 9. The summed E-state index contributed by atoms with van der Waals surface area (Å²) in [5, 5.41) is 20.8. The lowest BCUT2D eigenvalue weighted by Gasteiger charge is -2.12. The highest BCUT2D eigenvalue weighted by Gasteiger charge is 2.14. The van der Waals surface area contributed by atoms with Gasteiger partial charge in [0.1, 0.15) is 5.75 Å². The molecule has 7 N–H and O–H groups in total. The molecular weight excluding hydrogens is 390 g/mol. The van der Waals surface area contributed by atoms with E-state index in [4.69, 9.17) is 11.5 Å². The molecule has 0 bridgehead atoms. The molecule has 0 saturated carbocycles. The van der Waals surface area contributed by atoms with Crippen LogP contribution in [0.15, 0.2) is 18.2 Å². The van der Waals surface area contributed by atoms with Gasteiger partial charge in [0, 0.05) is 41.9 Å². The Morgan fingerprint density at radius 3 is 1.96 bits per heavy atom. The summed E-state index contributed by atoms with van der Waals surface area (Å²) in [6, 6.07) is 4.29. The molecule has 28 heavy (non-hydrogen) atoms. The zero-order valence-corrected chi connectivity index (χ0v) is 16.0. The van der Waals surface area contributed by atoms with E-state index in [0.29, 0.717) is 51.1 Å². The van der Waals surface area contributed by atoms with Crippen LogP contribution in [0.2, 0.25) is 0 Å². The standard InChI is InChI=1S/C16H25N5O6S/c17-3-1-5-19-15(23)11-7-12(16(24)20-6-2-4-18)9-13(8-11)21-14(22)10-28-27-26-25/h7-9,25H,1-6,10,17-18H2,(H,19,23)(H,20,24)(H,21,22)/p-1. The fourth-order valence-electron chi connectivity index (χ4n) is 2.07. The highest BCUT2D eigenvalue weighted by molar-refractivity contribution is 7.95. The van der Waals surface area contributed by atoms with E-state index in [1.807, 2.05) is 0 Å². The second-order valence-corrected chi connectivity index (χ2v) is 6.20. The van der Waals surface area contributed by atoms with Gasteiger partial charge in [-0.05, 0) is 44.1 Å². The maximum Gasteiger partial charge on any atom is 0.251 e. The van der Waals surface area contributed by atoms with Gasteiger partial charge in [0.15, 0.2) is 0 Å². The Balaban J connectivity index is 2.94. The maximum atomic E-state index is 12.3. The predicted molar refractivity (Wildman–Crippen MR) is 102 cm³/mol. The normalized spacial score (nSPS) is 10.4. The zero-order chi connectivity index (χ0) is 20.8. The minimum Gasteiger partial charge on any atom is -0.691 e. The van der Waals surface area contributed by atoms with E-state index < -0.39 is 17.7 Å². The van der Waals surface area contributed by atoms with Gasteiger partial charge < -0.3 is 32.7 Å². The zero-order valence-electron chi connectivity index (χ0n) is 15.2. The first-order valence-electron chi connectivity index (χ1n) is 8.51. The van der Waals surface area contributed by atoms with Crippen molar-refractivity contribution < 1.29 is 29.0 Å². The highest BCUT2D eigenvalue weighted by Crippen LogP contribution is 2.16. The van der Waals surface area contributed by atoms with Gasteiger partial charge in [-0.1, -0.05) is 0 Å². The molecule has 1 aromatic carbocycles. The van der Waals surface area contributed by atoms with Crippen LogP contribution in [-0.4, -0.2) is 49.7 Å². The van der Waals surface area contributed by atoms with Gasteiger partial charge in [0.05, 0.1) is 0 Å². The third kappa shape index (κ3) is 9.12. The van der Waals surface area contributed by atoms with E-state index in [9.17, 15) is 19.6 Å². The lowest BCUT2D eigenvalue weighted by atomic mass is 10.1. The van der Waals surface area contributed by atoms with Crippen molar-refractivity contribution in [2.24, 2.45) is 11.5 Å². The third-order valence-corrected chi connectivity index (χ3v) is 3.87. The molecule has 0 aromatic heterocycles. The van der Waals surface area contributed by atoms with Crippen LogP contribution in [0.4, 0.5) is 5.69 Å². The summed E-state index contributed by atoms with van der Waals surface area (Å²) < 4.78 is 4.03. The average Bonchev–Trinajstić information content (AvgIpc) is 2.68. The van der Waals surface area contributed by atoms with Crippen molar-refractivity contribution in [3.8, 4) is 0 Å². The van der Waals surface area contributed by atoms with Gasteiger partial charge >= 0.3 is 0 Å². The molecule has 3 amide bonds. The summed E-state index contributed by atoms with van der Waals surface area (Å²) in [6.45, 7) is 1.62. The Morgan fingerprint density at radius 2 is 1.50 bits per heavy atom. The lowest BCUT2D eigenvalue weighted by molar-refractivity contribution is -0.777. The van der Waals surface area contributed by atoms with Crippen LogP contribution >= 0.6 is 12.0 Å². The maximum absolute atomic E-state index is 12.3. The fourth-order valence-corrected chi connectivity index (χ4v) is 2.33. The number of carbonyl (C=O) groups excluding carboxylic acids is 3. The Labute approximate surface area is 166 Å². The molecule has 0 aliphatic carbocycles. The predicted octanol–water partition coefficient (Wildman–Crippen LogP) is -1.35. The van der Waals surface area contributed by atoms with Crippen LogP contribution in [0.25, 0.3) is 0 Å². The van der Waals surface area contributed by atoms with Crippen molar-refractivity contribution in [3.05, 3.63) is 29.3 Å². The minimum atomic E-state index is -0.516. The topological polar surface area (TPSA) is 181 Å². The summed E-state index contributed by atoms with van der Waals surface area (Å²) in [7, 11) is 0. The number of carbonyl (C=O) groups is 3. The molecule has 0 radical (unpaired) electrons. The first-order chi connectivity index (χ1) is 13.5. The van der Waals surface area contributed by atoms with E-state index in [1.54, 1.807) is 0 Å². The van der Waals surface area contributed by atoms with Crippen LogP contribution in [-0.2, 0) is 14.2 Å². The second kappa shape index (κ2) is 13.9. The minimum absolute atomic E-state index is 0.200. The first kappa shape index (κ1) is 23.8. The molecule has 0 fully saturated rings. The Kier molecular flexibility index (Phi) is 11.8. The van der Waals surface area contributed by atoms with E-state index in [2.05, 4.69) is 25.3 Å². The largest absolute Gasteiger partial charge is 0.691 e. The van der Waals surface area contributed by atoms with Gasteiger partial charge in [-0.15, -0.1) is 0 Å². The molecule has 1 aromatic rings. The molecule has 11 nitrogen and oxygen atoms in total. The summed E-state index contributed by atoms with van der Waals surface area (Å²) in [5.41, 5.74) is 11.4. The number of rotatable bonds is 13. The number of nitrogens with one attached hydrogen (secondary N) is 3. The van der Waals surface area contributed by atoms with Crippen molar-refractivity contribution in [1.29, 1.82) is 0 Å². The summed E-state index contributed by atoms with van der Waals surface area (Å²) >= 11 is 0.500. The third-order valence-electron chi connectivity index (χ3n) is 3.34. The van der Waals surface area contributed by atoms with Crippen molar-refractivity contribution in [2.75, 3.05) is 37.2 Å². The molecule has 0 aliphatic rings. The number of nitrogens with two attached hydrogens (primary N) is 2. The molecule has 0 unspecified atom stereocenters. The number of amides is 3. The number of benzene rings is 1. The van der Waals surface area contributed by atoms with Gasteiger partial charge in [0.2, 0.25) is 5.91 Å². The van der Waals surface area contributed by atoms with E-state index in [1.165, 1.54) is 18.2 Å². The fraction of sp³-hybridized carbons (Fsp3) is 0.438. The van der Waals surface area contributed by atoms with Crippen LogP contribution < -0.4 is 32.7 Å². The van der Waals surface area contributed by atoms with Gasteiger partial charge in [-0.2, -0.15) is 4.33 Å². The van der Waals surface area contributed by atoms with Crippen molar-refractivity contribution in [1.82, 2.24) is 10.6 Å². The summed E-state index contributed by atoms with van der Waals surface area (Å²) in [5.74, 6) is -1.55. The number of hydrogen-bond donors (Lipinski definition) is 5. The van der Waals surface area contributed by atoms with Crippen molar-refractivity contribution in [2.45, 2.75) is 12.8 Å². The molecule has 1 rings (SSSR count). The van der Waals surface area contributed by atoms with E-state index >= 15 is 0 Å². The van der Waals surface area contributed by atoms with Gasteiger partial charge in [-0.25, -0.2) is 0 Å². The molecule has 0 saturated heterocycles. The quantitative estimate of drug-likeness (QED) is 0.113. The van der Waals surface area contributed by atoms with Crippen LogP contribution in [0.1, 0.15) is 33.6 Å². The molecule has 12 heteroatoms. The van der Waals surface area contributed by atoms with Gasteiger partial charge in [-0.3, -0.25) is 19.4 Å². The van der Waals surface area contributed by atoms with Crippen molar-refractivity contribution in [3.63, 3.8) is 0 Å². The lowest BCUT2D eigenvalue weighted by Crippen LogP contribution is -2.28. The van der Waals surface area contributed by atoms with Crippen LogP contribution in [0.5, 0.6) is 0 Å². The molecule has 0 spiro atoms. The first-order valence-corrected chi connectivity index (χ1v) is 9.42. The average molecular weight is 414 g/mol. The number of anilines is 1. The summed E-state index contributed by atoms with van der Waals surface area (Å²) in [6.07, 6.45) is 1.21. The molecule has 0 aliphatic heterocycles. The monoisotopic (exact) mass is 414 g/mol. The van der Waals surface area contributed by atoms with Crippen LogP contribution in [0, 0.1) is 0 Å². The Hall–Kier alpha value is -2.22. The van der Waals surface area contributed by atoms with E-state index in [-0.39, 0.29) is 22.6 Å². The highest BCUT2D eigenvalue weighted by atomic mass is 32.2. The van der Waals surface area contributed by atoms with E-state index in [0.717, 1.165) is 0 Å². The molecule has 0 atom stereocenters.